The molecule has 1 aliphatic heterocycles. The van der Waals surface area contributed by atoms with Crippen LogP contribution in [-0.2, 0) is 10.2 Å². The van der Waals surface area contributed by atoms with Crippen molar-refractivity contribution in [2.45, 2.75) is 25.2 Å². The number of carbonyl (C=O) groups excluding carboxylic acids is 2. The molecule has 1 aliphatic rings. The van der Waals surface area contributed by atoms with Crippen molar-refractivity contribution in [1.82, 2.24) is 15.2 Å². The van der Waals surface area contributed by atoms with Gasteiger partial charge in [0, 0.05) is 35.2 Å². The van der Waals surface area contributed by atoms with Crippen LogP contribution in [0.5, 0.6) is 0 Å². The van der Waals surface area contributed by atoms with Gasteiger partial charge in [0.1, 0.15) is 0 Å². The minimum absolute atomic E-state index is 0.0297. The Kier molecular flexibility index (Phi) is 7.84. The second-order valence-electron chi connectivity index (χ2n) is 11.0. The highest BCUT2D eigenvalue weighted by Crippen LogP contribution is 2.37. The van der Waals surface area contributed by atoms with E-state index in [9.17, 15) is 9.59 Å². The number of likely N-dealkylation sites (tertiary alicyclic amines) is 1. The molecule has 0 spiro atoms. The second-order valence-corrected chi connectivity index (χ2v) is 11.0. The highest BCUT2D eigenvalue weighted by Gasteiger charge is 2.42. The summed E-state index contributed by atoms with van der Waals surface area (Å²) in [5.41, 5.74) is 3.71. The molecular formula is C35H35N5O2. The number of benzene rings is 4. The highest BCUT2D eigenvalue weighted by molar-refractivity contribution is 6.06. The van der Waals surface area contributed by atoms with E-state index in [0.29, 0.717) is 25.9 Å². The van der Waals surface area contributed by atoms with E-state index in [1.54, 1.807) is 0 Å². The zero-order valence-corrected chi connectivity index (χ0v) is 23.8. The molecule has 1 aromatic heterocycles. The van der Waals surface area contributed by atoms with Crippen LogP contribution >= 0.6 is 0 Å². The van der Waals surface area contributed by atoms with E-state index in [1.165, 1.54) is 0 Å². The third kappa shape index (κ3) is 5.69. The number of para-hydroxylation sites is 1. The maximum Gasteiger partial charge on any atom is 0.319 e. The number of pyridine rings is 1. The van der Waals surface area contributed by atoms with Crippen LogP contribution in [0.2, 0.25) is 0 Å². The fourth-order valence-electron chi connectivity index (χ4n) is 6.04. The summed E-state index contributed by atoms with van der Waals surface area (Å²) in [5.74, 6) is 0.0297. The van der Waals surface area contributed by atoms with Crippen molar-refractivity contribution in [3.05, 3.63) is 114 Å². The van der Waals surface area contributed by atoms with Crippen LogP contribution < -0.4 is 16.0 Å². The summed E-state index contributed by atoms with van der Waals surface area (Å²) in [7, 11) is 0. The van der Waals surface area contributed by atoms with E-state index in [-0.39, 0.29) is 11.9 Å². The fraction of sp³-hybridized carbons (Fsp3) is 0.229. The summed E-state index contributed by atoms with van der Waals surface area (Å²) in [4.78, 5) is 33.6. The number of piperidine rings is 1. The Morgan fingerprint density at radius 2 is 1.48 bits per heavy atom. The number of nitrogens with one attached hydrogen (secondary N) is 3. The van der Waals surface area contributed by atoms with E-state index in [4.69, 9.17) is 0 Å². The average Bonchev–Trinajstić information content (AvgIpc) is 3.02. The van der Waals surface area contributed by atoms with E-state index >= 15 is 0 Å². The maximum absolute atomic E-state index is 14.0. The van der Waals surface area contributed by atoms with Gasteiger partial charge in [0.2, 0.25) is 5.91 Å². The lowest BCUT2D eigenvalue weighted by molar-refractivity contribution is -0.123. The first-order valence-corrected chi connectivity index (χ1v) is 14.5. The fourth-order valence-corrected chi connectivity index (χ4v) is 6.04. The quantitative estimate of drug-likeness (QED) is 0.214. The predicted octanol–water partition coefficient (Wildman–Crippen LogP) is 6.49. The van der Waals surface area contributed by atoms with Crippen molar-refractivity contribution in [1.29, 1.82) is 0 Å². The van der Waals surface area contributed by atoms with Crippen LogP contribution in [0.3, 0.4) is 0 Å². The summed E-state index contributed by atoms with van der Waals surface area (Å²) in [6.07, 6.45) is 1.39. The van der Waals surface area contributed by atoms with Crippen molar-refractivity contribution in [2.24, 2.45) is 0 Å². The maximum atomic E-state index is 14.0. The molecule has 0 aliphatic carbocycles. The first-order chi connectivity index (χ1) is 20.5. The number of carbonyl (C=O) groups is 2. The lowest BCUT2D eigenvalue weighted by atomic mass is 9.72. The van der Waals surface area contributed by atoms with Crippen molar-refractivity contribution in [2.75, 3.05) is 36.8 Å². The number of aromatic nitrogens is 1. The average molecular weight is 558 g/mol. The number of rotatable bonds is 7. The van der Waals surface area contributed by atoms with Crippen molar-refractivity contribution in [3.8, 4) is 0 Å². The minimum Gasteiger partial charge on any atom is -0.337 e. The molecule has 7 heteroatoms. The molecule has 0 saturated carbocycles. The normalized spacial score (nSPS) is 14.9. The van der Waals surface area contributed by atoms with Crippen LogP contribution in [0.1, 0.15) is 24.1 Å². The van der Waals surface area contributed by atoms with Crippen LogP contribution in [-0.4, -0.2) is 48.0 Å². The number of fused-ring (bicyclic) bond motifs is 2. The van der Waals surface area contributed by atoms with Gasteiger partial charge in [0.25, 0.3) is 0 Å². The first-order valence-electron chi connectivity index (χ1n) is 14.5. The minimum atomic E-state index is -0.625. The molecular weight excluding hydrogens is 522 g/mol. The van der Waals surface area contributed by atoms with E-state index in [1.807, 2.05) is 85.8 Å². The molecule has 0 unspecified atom stereocenters. The molecule has 7 nitrogen and oxygen atoms in total. The summed E-state index contributed by atoms with van der Waals surface area (Å²) in [5, 5.41) is 12.3. The Labute approximate surface area is 246 Å². The van der Waals surface area contributed by atoms with Crippen LogP contribution in [0.4, 0.5) is 16.2 Å². The Bertz CT molecular complexity index is 1720. The number of hydrogen-bond donors (Lipinski definition) is 3. The van der Waals surface area contributed by atoms with Crippen LogP contribution in [0.15, 0.2) is 103 Å². The molecule has 5 aromatic rings. The van der Waals surface area contributed by atoms with Gasteiger partial charge in [-0.05, 0) is 62.0 Å². The summed E-state index contributed by atoms with van der Waals surface area (Å²) in [6.45, 7) is 4.65. The number of anilines is 2. The Morgan fingerprint density at radius 3 is 2.29 bits per heavy atom. The van der Waals surface area contributed by atoms with Gasteiger partial charge in [-0.2, -0.15) is 0 Å². The lowest BCUT2D eigenvalue weighted by Gasteiger charge is -2.41. The lowest BCUT2D eigenvalue weighted by Crippen LogP contribution is -2.50. The topological polar surface area (TPSA) is 86.4 Å². The SMILES string of the molecule is Cc1cc(NC(=O)NCCN2CCC(C(=O)Nc3cccc4ccccc34)(c3ccccc3)CC2)c2ccccc2n1. The number of urea groups is 1. The Balaban J connectivity index is 1.09. The zero-order valence-electron chi connectivity index (χ0n) is 23.8. The standard InChI is InChI=1S/C35H35N5O2/c1-25-24-32(29-15-7-8-16-31(29)37-25)39-34(42)36-20-23-40-21-18-35(19-22-40,27-12-3-2-4-13-27)33(41)38-30-17-9-11-26-10-5-6-14-28(26)30/h2-17,24H,18-23H2,1H3,(H,38,41)(H2,36,37,39,42). The van der Waals surface area contributed by atoms with Crippen molar-refractivity contribution >= 4 is 45.0 Å². The van der Waals surface area contributed by atoms with Gasteiger partial charge in [-0.25, -0.2) is 4.79 Å². The second kappa shape index (κ2) is 12.0. The van der Waals surface area contributed by atoms with E-state index in [2.05, 4.69) is 50.1 Å². The molecule has 0 radical (unpaired) electrons. The Morgan fingerprint density at radius 1 is 0.786 bits per heavy atom. The van der Waals surface area contributed by atoms with Crippen molar-refractivity contribution in [3.63, 3.8) is 0 Å². The number of amides is 3. The monoisotopic (exact) mass is 557 g/mol. The van der Waals surface area contributed by atoms with Gasteiger partial charge >= 0.3 is 6.03 Å². The predicted molar refractivity (Wildman–Crippen MR) is 170 cm³/mol. The van der Waals surface area contributed by atoms with Gasteiger partial charge in [-0.1, -0.05) is 84.9 Å². The molecule has 2 heterocycles. The van der Waals surface area contributed by atoms with Crippen LogP contribution in [0.25, 0.3) is 21.7 Å². The molecule has 0 atom stereocenters. The number of hydrogen-bond acceptors (Lipinski definition) is 4. The molecule has 6 rings (SSSR count). The summed E-state index contributed by atoms with van der Waals surface area (Å²) >= 11 is 0. The molecule has 1 fully saturated rings. The third-order valence-electron chi connectivity index (χ3n) is 8.31. The molecule has 4 aromatic carbocycles. The van der Waals surface area contributed by atoms with Gasteiger partial charge < -0.3 is 20.9 Å². The van der Waals surface area contributed by atoms with Crippen LogP contribution in [0, 0.1) is 6.92 Å². The van der Waals surface area contributed by atoms with Crippen molar-refractivity contribution < 1.29 is 9.59 Å². The molecule has 42 heavy (non-hydrogen) atoms. The molecule has 212 valence electrons. The largest absolute Gasteiger partial charge is 0.337 e. The van der Waals surface area contributed by atoms with Gasteiger partial charge in [-0.3, -0.25) is 9.78 Å². The zero-order chi connectivity index (χ0) is 28.9. The third-order valence-corrected chi connectivity index (χ3v) is 8.31. The molecule has 3 amide bonds. The highest BCUT2D eigenvalue weighted by atomic mass is 16.2. The number of nitrogens with zero attached hydrogens (tertiary/aromatic N) is 2. The van der Waals surface area contributed by atoms with E-state index < -0.39 is 5.41 Å². The molecule has 3 N–H and O–H groups in total. The Hall–Kier alpha value is -4.75. The summed E-state index contributed by atoms with van der Waals surface area (Å²) < 4.78 is 0. The smallest absolute Gasteiger partial charge is 0.319 e. The first kappa shape index (κ1) is 27.4. The van der Waals surface area contributed by atoms with Gasteiger partial charge in [-0.15, -0.1) is 0 Å². The van der Waals surface area contributed by atoms with Gasteiger partial charge in [0.05, 0.1) is 16.6 Å². The number of aryl methyl sites for hydroxylation is 1. The summed E-state index contributed by atoms with van der Waals surface area (Å²) in [6, 6.07) is 33.7. The van der Waals surface area contributed by atoms with Gasteiger partial charge in [0.15, 0.2) is 0 Å². The van der Waals surface area contributed by atoms with E-state index in [0.717, 1.165) is 57.4 Å². The molecule has 0 bridgehead atoms. The molecule has 1 saturated heterocycles.